The first-order chi connectivity index (χ1) is 9.00. The van der Waals surface area contributed by atoms with Crippen molar-refractivity contribution in [3.8, 4) is 0 Å². The lowest BCUT2D eigenvalue weighted by Crippen LogP contribution is -2.45. The Balaban J connectivity index is 1.95. The van der Waals surface area contributed by atoms with Crippen molar-refractivity contribution in [2.45, 2.75) is 44.1 Å². The Morgan fingerprint density at radius 1 is 1.42 bits per heavy atom. The van der Waals surface area contributed by atoms with Gasteiger partial charge in [0.1, 0.15) is 0 Å². The molecule has 3 N–H and O–H groups in total. The highest BCUT2D eigenvalue weighted by Gasteiger charge is 2.37. The molecule has 1 aromatic rings. The third-order valence-electron chi connectivity index (χ3n) is 3.76. The molecule has 1 fully saturated rings. The minimum atomic E-state index is -2.49. The van der Waals surface area contributed by atoms with Crippen molar-refractivity contribution in [2.24, 2.45) is 11.8 Å². The maximum Gasteiger partial charge on any atom is 0.248 e. The number of nitrogens with two attached hydrogens (primary N) is 1. The van der Waals surface area contributed by atoms with E-state index < -0.39 is 5.92 Å². The van der Waals surface area contributed by atoms with Crippen LogP contribution in [0.3, 0.4) is 0 Å². The number of hydrogen-bond acceptors (Lipinski definition) is 3. The van der Waals surface area contributed by atoms with Crippen molar-refractivity contribution < 1.29 is 8.78 Å². The zero-order chi connectivity index (χ0) is 13.9. The number of nitrogens with one attached hydrogen (secondary N) is 1. The number of alkyl halides is 2. The number of halogens is 3. The standard InChI is InChI=1S/C13H18BrF2N3/c14-10-1-2-11(18-8-10)7-12(19-17)9-3-5-13(15,16)6-4-9/h1-2,8-9,12,19H,3-7,17H2. The quantitative estimate of drug-likeness (QED) is 0.657. The van der Waals surface area contributed by atoms with Crippen LogP contribution in [0.1, 0.15) is 31.4 Å². The lowest BCUT2D eigenvalue weighted by atomic mass is 9.81. The average Bonchev–Trinajstić information content (AvgIpc) is 2.39. The zero-order valence-corrected chi connectivity index (χ0v) is 12.2. The van der Waals surface area contributed by atoms with Crippen molar-refractivity contribution in [3.63, 3.8) is 0 Å². The van der Waals surface area contributed by atoms with Gasteiger partial charge in [0.05, 0.1) is 0 Å². The van der Waals surface area contributed by atoms with Gasteiger partial charge < -0.3 is 0 Å². The fourth-order valence-electron chi connectivity index (χ4n) is 2.58. The summed E-state index contributed by atoms with van der Waals surface area (Å²) in [6.45, 7) is 0. The van der Waals surface area contributed by atoms with Crippen LogP contribution in [0.15, 0.2) is 22.8 Å². The normalized spacial score (nSPS) is 21.3. The summed E-state index contributed by atoms with van der Waals surface area (Å²) in [5, 5.41) is 0. The van der Waals surface area contributed by atoms with Crippen molar-refractivity contribution in [1.82, 2.24) is 10.4 Å². The summed E-state index contributed by atoms with van der Waals surface area (Å²) in [7, 11) is 0. The summed E-state index contributed by atoms with van der Waals surface area (Å²) >= 11 is 3.33. The molecular weight excluding hydrogens is 316 g/mol. The predicted octanol–water partition coefficient (Wildman–Crippen LogP) is 3.04. The molecule has 1 aromatic heterocycles. The van der Waals surface area contributed by atoms with E-state index >= 15 is 0 Å². The van der Waals surface area contributed by atoms with E-state index in [9.17, 15) is 8.78 Å². The van der Waals surface area contributed by atoms with Crippen molar-refractivity contribution in [2.75, 3.05) is 0 Å². The summed E-state index contributed by atoms with van der Waals surface area (Å²) < 4.78 is 27.2. The maximum absolute atomic E-state index is 13.1. The second-order valence-corrected chi connectivity index (χ2v) is 6.05. The van der Waals surface area contributed by atoms with Gasteiger partial charge in [0.2, 0.25) is 5.92 Å². The van der Waals surface area contributed by atoms with Gasteiger partial charge in [0.15, 0.2) is 0 Å². The van der Waals surface area contributed by atoms with E-state index in [2.05, 4.69) is 26.3 Å². The lowest BCUT2D eigenvalue weighted by molar-refractivity contribution is -0.0495. The largest absolute Gasteiger partial charge is 0.271 e. The predicted molar refractivity (Wildman–Crippen MR) is 73.7 cm³/mol. The summed E-state index contributed by atoms with van der Waals surface area (Å²) in [5.41, 5.74) is 3.69. The Bertz CT molecular complexity index is 401. The smallest absolute Gasteiger partial charge is 0.248 e. The van der Waals surface area contributed by atoms with E-state index in [0.29, 0.717) is 19.3 Å². The van der Waals surface area contributed by atoms with Crippen molar-refractivity contribution >= 4 is 15.9 Å². The molecule has 3 nitrogen and oxygen atoms in total. The summed E-state index contributed by atoms with van der Waals surface area (Å²) in [6.07, 6.45) is 3.35. The van der Waals surface area contributed by atoms with Gasteiger partial charge in [0.25, 0.3) is 0 Å². The van der Waals surface area contributed by atoms with Crippen LogP contribution in [0.4, 0.5) is 8.78 Å². The molecule has 1 aliphatic rings. The van der Waals surface area contributed by atoms with Gasteiger partial charge >= 0.3 is 0 Å². The van der Waals surface area contributed by atoms with Crippen LogP contribution in [0.5, 0.6) is 0 Å². The number of pyridine rings is 1. The molecule has 0 saturated heterocycles. The SMILES string of the molecule is NNC(Cc1ccc(Br)cn1)C1CCC(F)(F)CC1. The van der Waals surface area contributed by atoms with Crippen LogP contribution < -0.4 is 11.3 Å². The molecule has 0 amide bonds. The molecule has 106 valence electrons. The fraction of sp³-hybridized carbons (Fsp3) is 0.615. The van der Waals surface area contributed by atoms with Gasteiger partial charge in [-0.2, -0.15) is 0 Å². The Morgan fingerprint density at radius 3 is 2.63 bits per heavy atom. The third-order valence-corrected chi connectivity index (χ3v) is 4.23. The minimum Gasteiger partial charge on any atom is -0.271 e. The molecule has 1 heterocycles. The minimum absolute atomic E-state index is 0.00442. The number of hydrazine groups is 1. The summed E-state index contributed by atoms with van der Waals surface area (Å²) in [5.74, 6) is 3.27. The third kappa shape index (κ3) is 4.19. The van der Waals surface area contributed by atoms with E-state index in [1.165, 1.54) is 0 Å². The number of rotatable bonds is 4. The molecule has 1 atom stereocenters. The van der Waals surface area contributed by atoms with E-state index in [0.717, 1.165) is 10.2 Å². The molecule has 0 spiro atoms. The topological polar surface area (TPSA) is 50.9 Å². The highest BCUT2D eigenvalue weighted by molar-refractivity contribution is 9.10. The molecule has 19 heavy (non-hydrogen) atoms. The van der Waals surface area contributed by atoms with Crippen LogP contribution in [-0.4, -0.2) is 16.9 Å². The van der Waals surface area contributed by atoms with E-state index in [-0.39, 0.29) is 24.8 Å². The maximum atomic E-state index is 13.1. The summed E-state index contributed by atoms with van der Waals surface area (Å²) in [4.78, 5) is 4.30. The van der Waals surface area contributed by atoms with Crippen molar-refractivity contribution in [3.05, 3.63) is 28.5 Å². The van der Waals surface area contributed by atoms with Gasteiger partial charge in [-0.3, -0.25) is 16.3 Å². The molecule has 1 saturated carbocycles. The van der Waals surface area contributed by atoms with Gasteiger partial charge in [-0.05, 0) is 46.8 Å². The Labute approximate surface area is 120 Å². The van der Waals surface area contributed by atoms with Crippen LogP contribution in [0.25, 0.3) is 0 Å². The van der Waals surface area contributed by atoms with E-state index in [1.807, 2.05) is 12.1 Å². The van der Waals surface area contributed by atoms with Crippen LogP contribution >= 0.6 is 15.9 Å². The molecule has 6 heteroatoms. The van der Waals surface area contributed by atoms with Crippen molar-refractivity contribution in [1.29, 1.82) is 0 Å². The Morgan fingerprint density at radius 2 is 2.11 bits per heavy atom. The molecule has 0 aromatic carbocycles. The molecule has 0 aliphatic heterocycles. The monoisotopic (exact) mass is 333 g/mol. The highest BCUT2D eigenvalue weighted by atomic mass is 79.9. The first-order valence-electron chi connectivity index (χ1n) is 6.44. The van der Waals surface area contributed by atoms with Gasteiger partial charge in [-0.15, -0.1) is 0 Å². The lowest BCUT2D eigenvalue weighted by Gasteiger charge is -2.33. The molecule has 2 rings (SSSR count). The van der Waals surface area contributed by atoms with Crippen LogP contribution in [0, 0.1) is 5.92 Å². The van der Waals surface area contributed by atoms with Crippen LogP contribution in [-0.2, 0) is 6.42 Å². The second kappa shape index (κ2) is 6.24. The Hall–Kier alpha value is -0.590. The highest BCUT2D eigenvalue weighted by Crippen LogP contribution is 2.37. The first kappa shape index (κ1) is 14.8. The van der Waals surface area contributed by atoms with E-state index in [1.54, 1.807) is 6.20 Å². The average molecular weight is 334 g/mol. The molecule has 1 aliphatic carbocycles. The number of nitrogens with zero attached hydrogens (tertiary/aromatic N) is 1. The van der Waals surface area contributed by atoms with Crippen LogP contribution in [0.2, 0.25) is 0 Å². The van der Waals surface area contributed by atoms with Gasteiger partial charge in [-0.1, -0.05) is 0 Å². The number of aromatic nitrogens is 1. The zero-order valence-electron chi connectivity index (χ0n) is 10.6. The second-order valence-electron chi connectivity index (χ2n) is 5.14. The van der Waals surface area contributed by atoms with E-state index in [4.69, 9.17) is 5.84 Å². The molecular formula is C13H18BrF2N3. The summed E-state index contributed by atoms with van der Waals surface area (Å²) in [6, 6.07) is 3.85. The molecule has 0 radical (unpaired) electrons. The first-order valence-corrected chi connectivity index (χ1v) is 7.24. The fourth-order valence-corrected chi connectivity index (χ4v) is 2.81. The van der Waals surface area contributed by atoms with Gasteiger partial charge in [0, 0.05) is 41.7 Å². The van der Waals surface area contributed by atoms with Gasteiger partial charge in [-0.25, -0.2) is 8.78 Å². The molecule has 0 bridgehead atoms. The molecule has 1 unspecified atom stereocenters. The Kier molecular flexibility index (Phi) is 4.86. The number of hydrogen-bond donors (Lipinski definition) is 2.